The van der Waals surface area contributed by atoms with Crippen LogP contribution in [0.15, 0.2) is 35.2 Å². The fourth-order valence-electron chi connectivity index (χ4n) is 4.23. The second-order valence-corrected chi connectivity index (χ2v) is 10.0. The summed E-state index contributed by atoms with van der Waals surface area (Å²) in [4.78, 5) is 2.66. The predicted molar refractivity (Wildman–Crippen MR) is 115 cm³/mol. The van der Waals surface area contributed by atoms with E-state index in [2.05, 4.69) is 15.1 Å². The van der Waals surface area contributed by atoms with Gasteiger partial charge in [-0.2, -0.15) is 4.31 Å². The van der Waals surface area contributed by atoms with E-state index in [1.807, 2.05) is 31.2 Å². The molecule has 0 radical (unpaired) electrons. The Bertz CT molecular complexity index is 930. The summed E-state index contributed by atoms with van der Waals surface area (Å²) in [6.45, 7) is 5.12. The Morgan fingerprint density at radius 1 is 0.793 bits per heavy atom. The number of benzene rings is 1. The van der Waals surface area contributed by atoms with Crippen molar-refractivity contribution in [2.75, 3.05) is 31.1 Å². The van der Waals surface area contributed by atoms with Gasteiger partial charge in [0.1, 0.15) is 0 Å². The highest BCUT2D eigenvalue weighted by Crippen LogP contribution is 2.28. The Balaban J connectivity index is 1.61. The molecule has 1 aromatic heterocycles. The fourth-order valence-corrected chi connectivity index (χ4v) is 6.00. The lowest BCUT2D eigenvalue weighted by Crippen LogP contribution is -2.32. The summed E-state index contributed by atoms with van der Waals surface area (Å²) in [6, 6.07) is 9.52. The van der Waals surface area contributed by atoms with Crippen molar-refractivity contribution in [3.63, 3.8) is 0 Å². The lowest BCUT2D eigenvalue weighted by molar-refractivity contribution is 0.423. The van der Waals surface area contributed by atoms with Crippen LogP contribution in [0.2, 0.25) is 0 Å². The van der Waals surface area contributed by atoms with Gasteiger partial charge in [0.15, 0.2) is 5.82 Å². The average Bonchev–Trinajstić information content (AvgIpc) is 3.05. The van der Waals surface area contributed by atoms with E-state index in [-0.39, 0.29) is 0 Å². The number of aromatic nitrogens is 2. The number of hydrogen-bond donors (Lipinski definition) is 0. The van der Waals surface area contributed by atoms with Crippen LogP contribution < -0.4 is 4.90 Å². The van der Waals surface area contributed by atoms with Gasteiger partial charge >= 0.3 is 0 Å². The molecule has 0 atom stereocenters. The van der Waals surface area contributed by atoms with Crippen LogP contribution in [-0.2, 0) is 10.0 Å². The smallest absolute Gasteiger partial charge is 0.243 e. The van der Waals surface area contributed by atoms with Crippen molar-refractivity contribution in [1.29, 1.82) is 0 Å². The summed E-state index contributed by atoms with van der Waals surface area (Å²) in [6.07, 6.45) is 7.73. The molecule has 3 heterocycles. The van der Waals surface area contributed by atoms with Crippen LogP contribution in [-0.4, -0.2) is 49.1 Å². The highest BCUT2D eigenvalue weighted by molar-refractivity contribution is 7.89. The van der Waals surface area contributed by atoms with Crippen molar-refractivity contribution < 1.29 is 8.42 Å². The van der Waals surface area contributed by atoms with Gasteiger partial charge in [-0.15, -0.1) is 10.2 Å². The summed E-state index contributed by atoms with van der Waals surface area (Å²) in [5.41, 5.74) is 2.27. The van der Waals surface area contributed by atoms with Gasteiger partial charge < -0.3 is 4.90 Å². The Morgan fingerprint density at radius 3 is 2.10 bits per heavy atom. The average molecular weight is 415 g/mol. The number of rotatable bonds is 4. The third-order valence-electron chi connectivity index (χ3n) is 6.00. The van der Waals surface area contributed by atoms with Crippen LogP contribution in [0.4, 0.5) is 5.82 Å². The van der Waals surface area contributed by atoms with Gasteiger partial charge in [0.05, 0.1) is 10.6 Å². The van der Waals surface area contributed by atoms with E-state index in [1.54, 1.807) is 10.4 Å². The van der Waals surface area contributed by atoms with E-state index in [4.69, 9.17) is 0 Å². The van der Waals surface area contributed by atoms with Gasteiger partial charge in [-0.05, 0) is 62.8 Å². The molecule has 1 aromatic carbocycles. The normalized spacial score (nSPS) is 19.1. The fraction of sp³-hybridized carbons (Fsp3) is 0.545. The van der Waals surface area contributed by atoms with E-state index in [0.717, 1.165) is 55.7 Å². The van der Waals surface area contributed by atoms with Crippen LogP contribution in [0.5, 0.6) is 0 Å². The first-order valence-corrected chi connectivity index (χ1v) is 12.2. The number of nitrogens with zero attached hydrogens (tertiary/aromatic N) is 4. The van der Waals surface area contributed by atoms with Gasteiger partial charge in [-0.1, -0.05) is 25.0 Å². The van der Waals surface area contributed by atoms with Crippen molar-refractivity contribution in [3.05, 3.63) is 35.9 Å². The summed E-state index contributed by atoms with van der Waals surface area (Å²) in [5, 5.41) is 8.82. The Morgan fingerprint density at radius 2 is 1.45 bits per heavy atom. The van der Waals surface area contributed by atoms with E-state index in [0.29, 0.717) is 23.7 Å². The molecule has 0 unspecified atom stereocenters. The van der Waals surface area contributed by atoms with Gasteiger partial charge in [0.2, 0.25) is 10.0 Å². The molecule has 4 rings (SSSR count). The standard InChI is InChI=1S/C22H30N4O2S/c1-18-9-10-19(17-21(18)29(27,28)26-15-7-2-3-8-16-26)20-11-12-22(24-23-20)25-13-5-4-6-14-25/h9-12,17H,2-8,13-16H2,1H3. The lowest BCUT2D eigenvalue weighted by atomic mass is 10.1. The second kappa shape index (κ2) is 8.79. The van der Waals surface area contributed by atoms with Crippen molar-refractivity contribution >= 4 is 15.8 Å². The summed E-state index contributed by atoms with van der Waals surface area (Å²) in [7, 11) is -3.49. The predicted octanol–water partition coefficient (Wildman–Crippen LogP) is 4.01. The van der Waals surface area contributed by atoms with Crippen molar-refractivity contribution in [2.24, 2.45) is 0 Å². The number of piperidine rings is 1. The van der Waals surface area contributed by atoms with E-state index in [1.165, 1.54) is 19.3 Å². The Labute approximate surface area is 174 Å². The maximum absolute atomic E-state index is 13.3. The molecule has 0 amide bonds. The van der Waals surface area contributed by atoms with Crippen molar-refractivity contribution in [1.82, 2.24) is 14.5 Å². The molecule has 2 fully saturated rings. The second-order valence-electron chi connectivity index (χ2n) is 8.12. The van der Waals surface area contributed by atoms with E-state index < -0.39 is 10.0 Å². The van der Waals surface area contributed by atoms with Crippen LogP contribution in [0.25, 0.3) is 11.3 Å². The first kappa shape index (κ1) is 20.3. The summed E-state index contributed by atoms with van der Waals surface area (Å²) < 4.78 is 28.2. The molecule has 2 saturated heterocycles. The maximum Gasteiger partial charge on any atom is 0.243 e. The molecule has 29 heavy (non-hydrogen) atoms. The summed E-state index contributed by atoms with van der Waals surface area (Å²) >= 11 is 0. The minimum absolute atomic E-state index is 0.388. The quantitative estimate of drug-likeness (QED) is 0.756. The summed E-state index contributed by atoms with van der Waals surface area (Å²) in [5.74, 6) is 0.901. The molecule has 6 nitrogen and oxygen atoms in total. The first-order chi connectivity index (χ1) is 14.1. The number of aryl methyl sites for hydroxylation is 1. The molecular weight excluding hydrogens is 384 g/mol. The van der Waals surface area contributed by atoms with E-state index in [9.17, 15) is 8.42 Å². The molecule has 0 bridgehead atoms. The Hall–Kier alpha value is -1.99. The zero-order valence-corrected chi connectivity index (χ0v) is 18.0. The van der Waals surface area contributed by atoms with E-state index >= 15 is 0 Å². The lowest BCUT2D eigenvalue weighted by Gasteiger charge is -2.27. The van der Waals surface area contributed by atoms with Crippen LogP contribution >= 0.6 is 0 Å². The molecule has 0 N–H and O–H groups in total. The minimum Gasteiger partial charge on any atom is -0.355 e. The van der Waals surface area contributed by atoms with Crippen LogP contribution in [0, 0.1) is 6.92 Å². The topological polar surface area (TPSA) is 66.4 Å². The highest BCUT2D eigenvalue weighted by atomic mass is 32.2. The highest BCUT2D eigenvalue weighted by Gasteiger charge is 2.27. The van der Waals surface area contributed by atoms with Crippen LogP contribution in [0.1, 0.15) is 50.5 Å². The molecule has 2 aliphatic rings. The largest absolute Gasteiger partial charge is 0.355 e. The Kier molecular flexibility index (Phi) is 6.15. The molecule has 7 heteroatoms. The molecule has 156 valence electrons. The number of anilines is 1. The molecule has 0 spiro atoms. The maximum atomic E-state index is 13.3. The monoisotopic (exact) mass is 414 g/mol. The van der Waals surface area contributed by atoms with Crippen molar-refractivity contribution in [2.45, 2.75) is 56.8 Å². The molecule has 0 saturated carbocycles. The van der Waals surface area contributed by atoms with Crippen LogP contribution in [0.3, 0.4) is 0 Å². The van der Waals surface area contributed by atoms with Gasteiger partial charge in [0, 0.05) is 31.7 Å². The van der Waals surface area contributed by atoms with Gasteiger partial charge in [0.25, 0.3) is 0 Å². The molecule has 2 aromatic rings. The zero-order chi connectivity index (χ0) is 20.3. The zero-order valence-electron chi connectivity index (χ0n) is 17.2. The minimum atomic E-state index is -3.49. The molecule has 2 aliphatic heterocycles. The van der Waals surface area contributed by atoms with Crippen molar-refractivity contribution in [3.8, 4) is 11.3 Å². The number of hydrogen-bond acceptors (Lipinski definition) is 5. The molecular formula is C22H30N4O2S. The van der Waals surface area contributed by atoms with Gasteiger partial charge in [-0.25, -0.2) is 8.42 Å². The van der Waals surface area contributed by atoms with Gasteiger partial charge in [-0.3, -0.25) is 0 Å². The first-order valence-electron chi connectivity index (χ1n) is 10.8. The third-order valence-corrected chi connectivity index (χ3v) is 8.04. The molecule has 0 aliphatic carbocycles. The number of sulfonamides is 1. The SMILES string of the molecule is Cc1ccc(-c2ccc(N3CCCCC3)nn2)cc1S(=O)(=O)N1CCCCCC1. The third kappa shape index (κ3) is 4.46.